The second-order valence-corrected chi connectivity index (χ2v) is 10.6. The highest BCUT2D eigenvalue weighted by Gasteiger charge is 2.87. The van der Waals surface area contributed by atoms with Crippen molar-refractivity contribution in [2.24, 2.45) is 10.8 Å². The van der Waals surface area contributed by atoms with Crippen molar-refractivity contribution in [1.82, 2.24) is 15.5 Å². The monoisotopic (exact) mass is 468 g/mol. The highest BCUT2D eigenvalue weighted by atomic mass is 19.4. The average molecular weight is 469 g/mol. The van der Waals surface area contributed by atoms with Crippen LogP contribution in [0.2, 0.25) is 0 Å². The number of fused-ring (bicyclic) bond motifs is 4. The molecule has 2 aromatic rings. The molecule has 5 atom stereocenters. The molecular formula is C26H27F3N4O. The maximum Gasteiger partial charge on any atom is 0.396 e. The normalized spacial score (nSPS) is 36.8. The maximum absolute atomic E-state index is 14.4. The summed E-state index contributed by atoms with van der Waals surface area (Å²) in [6.07, 6.45) is -0.974. The van der Waals surface area contributed by atoms with Crippen LogP contribution >= 0.6 is 0 Å². The lowest BCUT2D eigenvalue weighted by Crippen LogP contribution is -2.51. The van der Waals surface area contributed by atoms with Crippen LogP contribution in [0.3, 0.4) is 0 Å². The lowest BCUT2D eigenvalue weighted by Gasteiger charge is -2.37. The Morgan fingerprint density at radius 2 is 1.82 bits per heavy atom. The van der Waals surface area contributed by atoms with Crippen LogP contribution in [0.5, 0.6) is 0 Å². The van der Waals surface area contributed by atoms with E-state index in [2.05, 4.69) is 28.7 Å². The summed E-state index contributed by atoms with van der Waals surface area (Å²) in [5.41, 5.74) is -2.52. The lowest BCUT2D eigenvalue weighted by molar-refractivity contribution is -0.193. The van der Waals surface area contributed by atoms with Crippen molar-refractivity contribution >= 4 is 16.7 Å². The number of hydrogen-bond acceptors (Lipinski definition) is 4. The number of rotatable bonds is 3. The van der Waals surface area contributed by atoms with Gasteiger partial charge in [-0.15, -0.1) is 0 Å². The highest BCUT2D eigenvalue weighted by Crippen LogP contribution is 2.78. The van der Waals surface area contributed by atoms with Gasteiger partial charge in [-0.1, -0.05) is 30.3 Å². The van der Waals surface area contributed by atoms with E-state index in [-0.39, 0.29) is 19.0 Å². The van der Waals surface area contributed by atoms with Crippen LogP contribution in [0.1, 0.15) is 49.3 Å². The number of halogens is 3. The van der Waals surface area contributed by atoms with E-state index >= 15 is 0 Å². The molecule has 5 unspecified atom stereocenters. The first-order chi connectivity index (χ1) is 16.2. The molecule has 6 rings (SSSR count). The Morgan fingerprint density at radius 1 is 1.15 bits per heavy atom. The second-order valence-electron chi connectivity index (χ2n) is 10.6. The molecule has 4 aliphatic rings. The van der Waals surface area contributed by atoms with Gasteiger partial charge in [-0.05, 0) is 61.6 Å². The van der Waals surface area contributed by atoms with Crippen LogP contribution in [-0.2, 0) is 4.79 Å². The summed E-state index contributed by atoms with van der Waals surface area (Å²) < 4.78 is 43.2. The standard InChI is InChI=1S/C26H27F3N4O/c1-33-17-7-8-18(33)11-16(10-17)32-23(34)25-13-24(25,26(27,28)29)14-31-22(25)21-9-6-15(12-30)19-4-2-3-5-20(19)21/h2-6,9,16-18,22,31H,7-8,10-11,13-14H2,1H3,(H,32,34). The summed E-state index contributed by atoms with van der Waals surface area (Å²) in [5.74, 6) is -0.484. The average Bonchev–Trinajstić information content (AvgIpc) is 3.35. The number of hydrogen-bond donors (Lipinski definition) is 2. The lowest BCUT2D eigenvalue weighted by atomic mass is 9.82. The first-order valence-electron chi connectivity index (χ1n) is 12.0. The molecule has 0 radical (unpaired) electrons. The minimum atomic E-state index is -4.49. The Balaban J connectivity index is 1.39. The van der Waals surface area contributed by atoms with Crippen LogP contribution in [0.15, 0.2) is 36.4 Å². The molecule has 1 saturated carbocycles. The number of piperidine rings is 2. The summed E-state index contributed by atoms with van der Waals surface area (Å²) >= 11 is 0. The molecule has 2 N–H and O–H groups in total. The summed E-state index contributed by atoms with van der Waals surface area (Å²) in [4.78, 5) is 16.1. The molecule has 3 heterocycles. The van der Waals surface area contributed by atoms with E-state index in [0.717, 1.165) is 25.7 Å². The maximum atomic E-state index is 14.4. The molecule has 8 heteroatoms. The predicted molar refractivity (Wildman–Crippen MR) is 121 cm³/mol. The minimum Gasteiger partial charge on any atom is -0.353 e. The van der Waals surface area contributed by atoms with E-state index in [9.17, 15) is 23.2 Å². The summed E-state index contributed by atoms with van der Waals surface area (Å²) in [6, 6.07) is 12.7. The van der Waals surface area contributed by atoms with Crippen molar-refractivity contribution in [3.8, 4) is 6.07 Å². The fourth-order valence-electron chi connectivity index (χ4n) is 7.25. The first kappa shape index (κ1) is 21.9. The molecule has 34 heavy (non-hydrogen) atoms. The van der Waals surface area contributed by atoms with Gasteiger partial charge in [-0.25, -0.2) is 0 Å². The molecule has 2 bridgehead atoms. The van der Waals surface area contributed by atoms with Crippen molar-refractivity contribution in [3.05, 3.63) is 47.5 Å². The molecule has 0 aromatic heterocycles. The number of carbonyl (C=O) groups is 1. The molecule has 1 aliphatic carbocycles. The largest absolute Gasteiger partial charge is 0.396 e. The van der Waals surface area contributed by atoms with Crippen LogP contribution in [0, 0.1) is 22.2 Å². The first-order valence-corrected chi connectivity index (χ1v) is 12.0. The van der Waals surface area contributed by atoms with Gasteiger partial charge in [0.1, 0.15) is 0 Å². The third kappa shape index (κ3) is 2.77. The summed E-state index contributed by atoms with van der Waals surface area (Å²) in [5, 5.41) is 17.1. The number of benzene rings is 2. The number of nitriles is 1. The number of nitrogens with one attached hydrogen (secondary N) is 2. The van der Waals surface area contributed by atoms with Gasteiger partial charge in [0.2, 0.25) is 5.91 Å². The smallest absolute Gasteiger partial charge is 0.353 e. The van der Waals surface area contributed by atoms with Crippen molar-refractivity contribution in [1.29, 1.82) is 5.26 Å². The van der Waals surface area contributed by atoms with Crippen LogP contribution in [0.4, 0.5) is 13.2 Å². The quantitative estimate of drug-likeness (QED) is 0.714. The zero-order valence-electron chi connectivity index (χ0n) is 19.0. The topological polar surface area (TPSA) is 68.2 Å². The Bertz CT molecular complexity index is 1210. The van der Waals surface area contributed by atoms with E-state index in [0.29, 0.717) is 34.0 Å². The van der Waals surface area contributed by atoms with E-state index in [4.69, 9.17) is 0 Å². The number of amides is 1. The third-order valence-electron chi connectivity index (χ3n) is 9.18. The number of carbonyl (C=O) groups excluding carboxylic acids is 1. The Morgan fingerprint density at radius 3 is 2.44 bits per heavy atom. The van der Waals surface area contributed by atoms with Gasteiger partial charge in [0.15, 0.2) is 0 Å². The van der Waals surface area contributed by atoms with Gasteiger partial charge in [-0.2, -0.15) is 18.4 Å². The summed E-state index contributed by atoms with van der Waals surface area (Å²) in [6.45, 7) is -0.276. The molecule has 4 fully saturated rings. The zero-order chi connectivity index (χ0) is 23.9. The molecule has 3 saturated heterocycles. The molecule has 3 aliphatic heterocycles. The Labute approximate surface area is 196 Å². The molecule has 2 aromatic carbocycles. The molecule has 178 valence electrons. The Kier molecular flexibility index (Phi) is 4.62. The Hall–Kier alpha value is -2.63. The number of alkyl halides is 3. The number of nitrogens with zero attached hydrogens (tertiary/aromatic N) is 2. The predicted octanol–water partition coefficient (Wildman–Crippen LogP) is 4.04. The second kappa shape index (κ2) is 7.19. The fraction of sp³-hybridized carbons (Fsp3) is 0.538. The molecular weight excluding hydrogens is 441 g/mol. The van der Waals surface area contributed by atoms with Crippen LogP contribution in [-0.4, -0.2) is 48.7 Å². The van der Waals surface area contributed by atoms with Gasteiger partial charge in [-0.3, -0.25) is 4.79 Å². The SMILES string of the molecule is CN1C2CCC1CC(NC(=O)C13CC1(C(F)(F)F)CNC3c1ccc(C#N)c3ccccc13)C2. The summed E-state index contributed by atoms with van der Waals surface area (Å²) in [7, 11) is 2.10. The van der Waals surface area contributed by atoms with E-state index in [1.807, 2.05) is 18.2 Å². The van der Waals surface area contributed by atoms with Crippen molar-refractivity contribution in [2.45, 2.75) is 62.4 Å². The van der Waals surface area contributed by atoms with E-state index < -0.39 is 29.0 Å². The minimum absolute atomic E-state index is 0.0962. The molecule has 5 nitrogen and oxygen atoms in total. The van der Waals surface area contributed by atoms with Gasteiger partial charge in [0.25, 0.3) is 0 Å². The van der Waals surface area contributed by atoms with Crippen molar-refractivity contribution in [2.75, 3.05) is 13.6 Å². The van der Waals surface area contributed by atoms with Crippen LogP contribution < -0.4 is 10.6 Å². The van der Waals surface area contributed by atoms with Gasteiger partial charge < -0.3 is 15.5 Å². The van der Waals surface area contributed by atoms with Gasteiger partial charge in [0, 0.05) is 30.7 Å². The third-order valence-corrected chi connectivity index (χ3v) is 9.18. The van der Waals surface area contributed by atoms with Gasteiger partial charge in [0.05, 0.1) is 22.5 Å². The zero-order valence-corrected chi connectivity index (χ0v) is 19.0. The van der Waals surface area contributed by atoms with E-state index in [1.165, 1.54) is 0 Å². The molecule has 1 amide bonds. The van der Waals surface area contributed by atoms with E-state index in [1.54, 1.807) is 18.2 Å². The highest BCUT2D eigenvalue weighted by molar-refractivity contribution is 5.94. The van der Waals surface area contributed by atoms with Crippen molar-refractivity contribution < 1.29 is 18.0 Å². The van der Waals surface area contributed by atoms with Crippen LogP contribution in [0.25, 0.3) is 10.8 Å². The fourth-order valence-corrected chi connectivity index (χ4v) is 7.25. The molecule has 0 spiro atoms. The van der Waals surface area contributed by atoms with Crippen molar-refractivity contribution in [3.63, 3.8) is 0 Å². The van der Waals surface area contributed by atoms with Gasteiger partial charge >= 0.3 is 6.18 Å².